The third-order valence-electron chi connectivity index (χ3n) is 6.06. The fourth-order valence-electron chi connectivity index (χ4n) is 4.11. The Labute approximate surface area is 202 Å². The van der Waals surface area contributed by atoms with Crippen molar-refractivity contribution in [2.24, 2.45) is 0 Å². The zero-order valence-corrected chi connectivity index (χ0v) is 19.6. The van der Waals surface area contributed by atoms with Gasteiger partial charge in [-0.2, -0.15) is 4.31 Å². The second kappa shape index (κ2) is 9.55. The van der Waals surface area contributed by atoms with Crippen molar-refractivity contribution in [3.63, 3.8) is 0 Å². The van der Waals surface area contributed by atoms with Crippen LogP contribution in [-0.2, 0) is 24.3 Å². The third-order valence-corrected chi connectivity index (χ3v) is 7.95. The van der Waals surface area contributed by atoms with Crippen molar-refractivity contribution in [1.29, 1.82) is 0 Å². The van der Waals surface area contributed by atoms with Gasteiger partial charge in [-0.05, 0) is 35.0 Å². The molecule has 2 aliphatic rings. The highest BCUT2D eigenvalue weighted by Gasteiger charge is 2.32. The van der Waals surface area contributed by atoms with Gasteiger partial charge in [0.05, 0.1) is 4.90 Å². The maximum Gasteiger partial charge on any atom is 0.351 e. The molecule has 35 heavy (non-hydrogen) atoms. The quantitative estimate of drug-likeness (QED) is 0.498. The van der Waals surface area contributed by atoms with Gasteiger partial charge in [0.2, 0.25) is 16.1 Å². The number of para-hydroxylation sites is 2. The van der Waals surface area contributed by atoms with Crippen LogP contribution in [0.15, 0.2) is 71.6 Å². The molecule has 0 radical (unpaired) electrons. The lowest BCUT2D eigenvalue weighted by atomic mass is 10.1. The lowest BCUT2D eigenvalue weighted by Crippen LogP contribution is -2.51. The summed E-state index contributed by atoms with van der Waals surface area (Å²) in [5.74, 6) is -0.0940. The number of amides is 1. The van der Waals surface area contributed by atoms with Crippen LogP contribution in [0, 0.1) is 0 Å². The fraction of sp³-hybridized carbons (Fsp3) is 0.280. The van der Waals surface area contributed by atoms with Crippen LogP contribution in [0.25, 0.3) is 10.8 Å². The molecular formula is C25H24N2O7S. The fourth-order valence-corrected chi connectivity index (χ4v) is 5.57. The Balaban J connectivity index is 1.13. The van der Waals surface area contributed by atoms with E-state index in [1.165, 1.54) is 9.21 Å². The Morgan fingerprint density at radius 3 is 2.34 bits per heavy atom. The minimum atomic E-state index is -3.69. The van der Waals surface area contributed by atoms with Gasteiger partial charge in [0.1, 0.15) is 6.61 Å². The van der Waals surface area contributed by atoms with Gasteiger partial charge in [-0.15, -0.1) is 0 Å². The monoisotopic (exact) mass is 496 g/mol. The topological polar surface area (TPSA) is 102 Å². The van der Waals surface area contributed by atoms with E-state index in [0.29, 0.717) is 11.5 Å². The molecule has 5 rings (SSSR count). The summed E-state index contributed by atoms with van der Waals surface area (Å²) in [6.45, 7) is 0.280. The average molecular weight is 497 g/mol. The molecule has 2 heterocycles. The van der Waals surface area contributed by atoms with Gasteiger partial charge in [-0.3, -0.25) is 4.79 Å². The second-order valence-corrected chi connectivity index (χ2v) is 10.2. The molecular weight excluding hydrogens is 472 g/mol. The highest BCUT2D eigenvalue weighted by atomic mass is 32.2. The molecule has 3 aromatic carbocycles. The predicted octanol–water partition coefficient (Wildman–Crippen LogP) is 2.06. The number of hydrogen-bond donors (Lipinski definition) is 0. The summed E-state index contributed by atoms with van der Waals surface area (Å²) in [6, 6.07) is 19.6. The summed E-state index contributed by atoms with van der Waals surface area (Å²) < 4.78 is 43.8. The van der Waals surface area contributed by atoms with Gasteiger partial charge in [-0.1, -0.05) is 42.5 Å². The molecule has 2 aliphatic heterocycles. The van der Waals surface area contributed by atoms with Crippen molar-refractivity contribution >= 4 is 32.7 Å². The van der Waals surface area contributed by atoms with Crippen LogP contribution >= 0.6 is 0 Å². The van der Waals surface area contributed by atoms with E-state index >= 15 is 0 Å². The normalized spacial score (nSPS) is 18.3. The van der Waals surface area contributed by atoms with Gasteiger partial charge in [0.15, 0.2) is 18.1 Å². The summed E-state index contributed by atoms with van der Waals surface area (Å²) in [4.78, 5) is 26.6. The van der Waals surface area contributed by atoms with Crippen LogP contribution in [-0.4, -0.2) is 75.0 Å². The maximum absolute atomic E-state index is 13.1. The van der Waals surface area contributed by atoms with E-state index < -0.39 is 34.6 Å². The molecule has 0 spiro atoms. The number of esters is 1. The van der Waals surface area contributed by atoms with Crippen molar-refractivity contribution in [3.05, 3.63) is 66.7 Å². The van der Waals surface area contributed by atoms with Crippen molar-refractivity contribution in [1.82, 2.24) is 9.21 Å². The molecule has 1 saturated heterocycles. The number of carbonyl (C=O) groups excluding carboxylic acids is 2. The Morgan fingerprint density at radius 1 is 0.886 bits per heavy atom. The Hall–Kier alpha value is -3.63. The lowest BCUT2D eigenvalue weighted by molar-refractivity contribution is -0.160. The molecule has 0 aromatic heterocycles. The van der Waals surface area contributed by atoms with E-state index in [-0.39, 0.29) is 37.7 Å². The summed E-state index contributed by atoms with van der Waals surface area (Å²) in [5, 5.41) is 1.81. The first-order valence-corrected chi connectivity index (χ1v) is 12.7. The number of ether oxygens (including phenoxy) is 3. The first-order valence-electron chi connectivity index (χ1n) is 11.2. The van der Waals surface area contributed by atoms with Crippen LogP contribution < -0.4 is 9.47 Å². The minimum absolute atomic E-state index is 0.00462. The largest absolute Gasteiger partial charge is 0.485 e. The zero-order valence-electron chi connectivity index (χ0n) is 18.8. The summed E-state index contributed by atoms with van der Waals surface area (Å²) in [5.41, 5.74) is 0. The molecule has 3 aromatic rings. The van der Waals surface area contributed by atoms with Crippen LogP contribution in [0.3, 0.4) is 0 Å². The molecule has 1 fully saturated rings. The van der Waals surface area contributed by atoms with E-state index in [1.807, 2.05) is 24.3 Å². The van der Waals surface area contributed by atoms with E-state index in [9.17, 15) is 18.0 Å². The number of rotatable bonds is 5. The average Bonchev–Trinajstić information content (AvgIpc) is 2.91. The standard InChI is InChI=1S/C25H24N2O7S/c28-24(17-33-25(29)23-16-32-21-7-3-4-8-22(21)34-23)26-11-13-27(14-12-26)35(30,31)20-10-9-18-5-1-2-6-19(18)15-20/h1-10,15,23H,11-14,16-17H2. The van der Waals surface area contributed by atoms with Crippen molar-refractivity contribution in [2.75, 3.05) is 39.4 Å². The minimum Gasteiger partial charge on any atom is -0.485 e. The van der Waals surface area contributed by atoms with Gasteiger partial charge in [0, 0.05) is 26.2 Å². The molecule has 0 N–H and O–H groups in total. The second-order valence-electron chi connectivity index (χ2n) is 8.27. The summed E-state index contributed by atoms with van der Waals surface area (Å²) in [7, 11) is -3.69. The van der Waals surface area contributed by atoms with Gasteiger partial charge < -0.3 is 19.1 Å². The van der Waals surface area contributed by atoms with Crippen LogP contribution in [0.4, 0.5) is 0 Å². The molecule has 1 atom stereocenters. The summed E-state index contributed by atoms with van der Waals surface area (Å²) in [6.07, 6.45) is -0.957. The first-order chi connectivity index (χ1) is 16.9. The smallest absolute Gasteiger partial charge is 0.351 e. The summed E-state index contributed by atoms with van der Waals surface area (Å²) >= 11 is 0. The molecule has 1 amide bonds. The van der Waals surface area contributed by atoms with Crippen molar-refractivity contribution in [3.8, 4) is 11.5 Å². The molecule has 0 aliphatic carbocycles. The van der Waals surface area contributed by atoms with Gasteiger partial charge in [0.25, 0.3) is 5.91 Å². The molecule has 182 valence electrons. The van der Waals surface area contributed by atoms with Crippen molar-refractivity contribution in [2.45, 2.75) is 11.0 Å². The van der Waals surface area contributed by atoms with Crippen LogP contribution in [0.1, 0.15) is 0 Å². The van der Waals surface area contributed by atoms with E-state index in [2.05, 4.69) is 0 Å². The maximum atomic E-state index is 13.1. The lowest BCUT2D eigenvalue weighted by Gasteiger charge is -2.34. The molecule has 1 unspecified atom stereocenters. The number of carbonyl (C=O) groups is 2. The Kier molecular flexibility index (Phi) is 6.31. The SMILES string of the molecule is O=C(OCC(=O)N1CCN(S(=O)(=O)c2ccc3ccccc3c2)CC1)C1COc2ccccc2O1. The molecule has 0 saturated carbocycles. The number of hydrogen-bond acceptors (Lipinski definition) is 7. The van der Waals surface area contributed by atoms with Crippen molar-refractivity contribution < 1.29 is 32.2 Å². The highest BCUT2D eigenvalue weighted by molar-refractivity contribution is 7.89. The number of nitrogens with zero attached hydrogens (tertiary/aromatic N) is 2. The third kappa shape index (κ3) is 4.80. The molecule has 10 heteroatoms. The number of benzene rings is 3. The van der Waals surface area contributed by atoms with E-state index in [0.717, 1.165) is 10.8 Å². The predicted molar refractivity (Wildman–Crippen MR) is 127 cm³/mol. The molecule has 9 nitrogen and oxygen atoms in total. The van der Waals surface area contributed by atoms with Gasteiger partial charge in [-0.25, -0.2) is 13.2 Å². The zero-order chi connectivity index (χ0) is 24.4. The number of fused-ring (bicyclic) bond motifs is 2. The number of sulfonamides is 1. The Bertz CT molecular complexity index is 1370. The Morgan fingerprint density at radius 2 is 1.57 bits per heavy atom. The van der Waals surface area contributed by atoms with Crippen LogP contribution in [0.2, 0.25) is 0 Å². The van der Waals surface area contributed by atoms with E-state index in [1.54, 1.807) is 42.5 Å². The van der Waals surface area contributed by atoms with Crippen LogP contribution in [0.5, 0.6) is 11.5 Å². The first kappa shape index (κ1) is 23.1. The van der Waals surface area contributed by atoms with Gasteiger partial charge >= 0.3 is 5.97 Å². The highest BCUT2D eigenvalue weighted by Crippen LogP contribution is 2.31. The number of piperazine rings is 1. The molecule has 0 bridgehead atoms. The van der Waals surface area contributed by atoms with E-state index in [4.69, 9.17) is 14.2 Å².